The Morgan fingerprint density at radius 1 is 1.12 bits per heavy atom. The number of nitrogens with one attached hydrogen (secondary N) is 1. The van der Waals surface area contributed by atoms with E-state index in [0.29, 0.717) is 11.8 Å². The maximum Gasteiger partial charge on any atom is 0.418 e. The van der Waals surface area contributed by atoms with E-state index in [-0.39, 0.29) is 28.5 Å². The third-order valence-corrected chi connectivity index (χ3v) is 5.11. The molecule has 0 aliphatic heterocycles. The van der Waals surface area contributed by atoms with E-state index in [4.69, 9.17) is 5.73 Å². The fraction of sp³-hybridized carbons (Fsp3) is 0.250. The number of halogens is 4. The molecule has 10 heteroatoms. The molecule has 0 saturated heterocycles. The zero-order chi connectivity index (χ0) is 24.9. The molecule has 3 aromatic rings. The Morgan fingerprint density at radius 3 is 2.44 bits per heavy atom. The largest absolute Gasteiger partial charge is 0.418 e. The highest BCUT2D eigenvalue weighted by molar-refractivity contribution is 5.75. The molecule has 3 N–H and O–H groups in total. The van der Waals surface area contributed by atoms with Crippen molar-refractivity contribution < 1.29 is 17.6 Å². The highest BCUT2D eigenvalue weighted by atomic mass is 19.4. The summed E-state index contributed by atoms with van der Waals surface area (Å²) in [6.45, 7) is 3.66. The van der Waals surface area contributed by atoms with Crippen LogP contribution in [0.15, 0.2) is 52.7 Å². The normalized spacial score (nSPS) is 11.6. The number of nitrogens with two attached hydrogens (primary N) is 1. The molecule has 6 nitrogen and oxygen atoms in total. The molecule has 0 amide bonds. The predicted octanol–water partition coefficient (Wildman–Crippen LogP) is 7.50. The number of nitrogen functional groups attached to an aromatic ring is 1. The molecule has 3 rings (SSSR count). The van der Waals surface area contributed by atoms with Crippen molar-refractivity contribution in [1.82, 2.24) is 4.98 Å². The molecule has 2 aromatic carbocycles. The second-order valence-corrected chi connectivity index (χ2v) is 7.59. The smallest absolute Gasteiger partial charge is 0.382 e. The van der Waals surface area contributed by atoms with Gasteiger partial charge in [-0.25, -0.2) is 9.37 Å². The molecular weight excluding hydrogens is 448 g/mol. The topological polar surface area (TPSA) is 99.4 Å². The molecule has 0 spiro atoms. The van der Waals surface area contributed by atoms with Crippen molar-refractivity contribution >= 4 is 28.7 Å². The first-order valence-corrected chi connectivity index (χ1v) is 10.5. The maximum absolute atomic E-state index is 13.3. The van der Waals surface area contributed by atoms with Crippen LogP contribution in [0.3, 0.4) is 0 Å². The van der Waals surface area contributed by atoms with E-state index in [1.54, 1.807) is 6.92 Å². The number of unbranched alkanes of at least 4 members (excludes halogenated alkanes) is 1. The summed E-state index contributed by atoms with van der Waals surface area (Å²) in [5.74, 6) is -0.988. The van der Waals surface area contributed by atoms with Crippen molar-refractivity contribution in [3.8, 4) is 6.07 Å². The standard InChI is InChI=1S/C24H22F4N6/c1-3-4-5-15-6-9-17(10-7-15)31-23-18(13-29)14(2)21(22(30)32-23)34-33-20-11-8-16(25)12-19(20)24(26,27)28/h6-12H,3-5H2,1-2H3,(H3,30,31,32)/b34-33+. The monoisotopic (exact) mass is 470 g/mol. The number of anilines is 3. The van der Waals surface area contributed by atoms with Crippen molar-refractivity contribution in [1.29, 1.82) is 5.26 Å². The van der Waals surface area contributed by atoms with Crippen LogP contribution in [-0.2, 0) is 12.6 Å². The van der Waals surface area contributed by atoms with Crippen LogP contribution in [0.1, 0.15) is 42.0 Å². The van der Waals surface area contributed by atoms with E-state index < -0.39 is 23.2 Å². The summed E-state index contributed by atoms with van der Waals surface area (Å²) in [6.07, 6.45) is -1.68. The summed E-state index contributed by atoms with van der Waals surface area (Å²) >= 11 is 0. The summed E-state index contributed by atoms with van der Waals surface area (Å²) in [6, 6.07) is 11.7. The van der Waals surface area contributed by atoms with E-state index in [9.17, 15) is 22.8 Å². The molecule has 176 valence electrons. The minimum atomic E-state index is -4.83. The Labute approximate surface area is 194 Å². The van der Waals surface area contributed by atoms with E-state index >= 15 is 0 Å². The predicted molar refractivity (Wildman–Crippen MR) is 122 cm³/mol. The number of rotatable bonds is 7. The minimum absolute atomic E-state index is 0.0468. The van der Waals surface area contributed by atoms with Crippen molar-refractivity contribution in [2.75, 3.05) is 11.1 Å². The van der Waals surface area contributed by atoms with Crippen LogP contribution in [0.5, 0.6) is 0 Å². The van der Waals surface area contributed by atoms with E-state index in [0.717, 1.165) is 31.4 Å². The van der Waals surface area contributed by atoms with Gasteiger partial charge in [0.25, 0.3) is 0 Å². The number of benzene rings is 2. The zero-order valence-corrected chi connectivity index (χ0v) is 18.5. The molecule has 0 aliphatic rings. The Balaban J connectivity index is 1.93. The molecule has 0 unspecified atom stereocenters. The van der Waals surface area contributed by atoms with Gasteiger partial charge in [0.15, 0.2) is 11.6 Å². The highest BCUT2D eigenvalue weighted by Crippen LogP contribution is 2.39. The van der Waals surface area contributed by atoms with Crippen molar-refractivity contribution in [2.45, 2.75) is 39.3 Å². The lowest BCUT2D eigenvalue weighted by Gasteiger charge is -2.13. The van der Waals surface area contributed by atoms with Gasteiger partial charge in [-0.2, -0.15) is 18.4 Å². The lowest BCUT2D eigenvalue weighted by atomic mass is 10.1. The summed E-state index contributed by atoms with van der Waals surface area (Å²) in [5.41, 5.74) is 6.37. The first-order chi connectivity index (χ1) is 16.1. The summed E-state index contributed by atoms with van der Waals surface area (Å²) in [7, 11) is 0. The fourth-order valence-corrected chi connectivity index (χ4v) is 3.27. The first-order valence-electron chi connectivity index (χ1n) is 10.5. The number of aryl methyl sites for hydroxylation is 1. The van der Waals surface area contributed by atoms with E-state index in [1.165, 1.54) is 5.56 Å². The van der Waals surface area contributed by atoms with Gasteiger partial charge in [0.2, 0.25) is 0 Å². The average molecular weight is 470 g/mol. The maximum atomic E-state index is 13.3. The molecule has 34 heavy (non-hydrogen) atoms. The number of azo groups is 1. The quantitative estimate of drug-likeness (QED) is 0.276. The first kappa shape index (κ1) is 24.6. The van der Waals surface area contributed by atoms with Crippen LogP contribution in [-0.4, -0.2) is 4.98 Å². The number of nitrogens with zero attached hydrogens (tertiary/aromatic N) is 4. The lowest BCUT2D eigenvalue weighted by Crippen LogP contribution is -2.05. The Bertz CT molecular complexity index is 1240. The van der Waals surface area contributed by atoms with Gasteiger partial charge < -0.3 is 11.1 Å². The number of hydrogen-bond acceptors (Lipinski definition) is 6. The van der Waals surface area contributed by atoms with Crippen LogP contribution >= 0.6 is 0 Å². The zero-order valence-electron chi connectivity index (χ0n) is 18.5. The SMILES string of the molecule is CCCCc1ccc(Nc2nc(N)c(/N=N/c3ccc(F)cc3C(F)(F)F)c(C)c2C#N)cc1. The number of aromatic nitrogens is 1. The molecule has 1 heterocycles. The molecule has 0 bridgehead atoms. The number of nitriles is 1. The van der Waals surface area contributed by atoms with Gasteiger partial charge in [0.1, 0.15) is 17.6 Å². The average Bonchev–Trinajstić information content (AvgIpc) is 2.78. The second-order valence-electron chi connectivity index (χ2n) is 7.59. The van der Waals surface area contributed by atoms with Crippen molar-refractivity contribution in [3.05, 3.63) is 70.5 Å². The van der Waals surface area contributed by atoms with Crippen LogP contribution in [0, 0.1) is 24.1 Å². The van der Waals surface area contributed by atoms with Crippen molar-refractivity contribution in [2.24, 2.45) is 10.2 Å². The molecule has 0 aliphatic carbocycles. The van der Waals surface area contributed by atoms with Gasteiger partial charge in [-0.1, -0.05) is 25.5 Å². The van der Waals surface area contributed by atoms with Crippen LogP contribution < -0.4 is 11.1 Å². The van der Waals surface area contributed by atoms with Gasteiger partial charge in [-0.15, -0.1) is 10.2 Å². The molecule has 0 atom stereocenters. The third kappa shape index (κ3) is 5.67. The molecule has 0 saturated carbocycles. The van der Waals surface area contributed by atoms with Gasteiger partial charge in [-0.3, -0.25) is 0 Å². The summed E-state index contributed by atoms with van der Waals surface area (Å²) in [4.78, 5) is 4.18. The lowest BCUT2D eigenvalue weighted by molar-refractivity contribution is -0.137. The molecule has 0 radical (unpaired) electrons. The van der Waals surface area contributed by atoms with Crippen LogP contribution in [0.25, 0.3) is 0 Å². The second kappa shape index (κ2) is 10.3. The highest BCUT2D eigenvalue weighted by Gasteiger charge is 2.34. The van der Waals surface area contributed by atoms with E-state index in [1.807, 2.05) is 30.3 Å². The van der Waals surface area contributed by atoms with Crippen LogP contribution in [0.2, 0.25) is 0 Å². The number of hydrogen-bond donors (Lipinski definition) is 2. The van der Waals surface area contributed by atoms with E-state index in [2.05, 4.69) is 27.5 Å². The Hall–Kier alpha value is -4.00. The number of alkyl halides is 3. The Kier molecular flexibility index (Phi) is 7.46. The van der Waals surface area contributed by atoms with Gasteiger partial charge in [0, 0.05) is 11.3 Å². The van der Waals surface area contributed by atoms with Gasteiger partial charge in [-0.05, 0) is 55.7 Å². The Morgan fingerprint density at radius 2 is 1.82 bits per heavy atom. The summed E-state index contributed by atoms with van der Waals surface area (Å²) in [5, 5.41) is 20.1. The van der Waals surface area contributed by atoms with Gasteiger partial charge in [0.05, 0.1) is 16.8 Å². The van der Waals surface area contributed by atoms with Gasteiger partial charge >= 0.3 is 6.18 Å². The van der Waals surface area contributed by atoms with Crippen molar-refractivity contribution in [3.63, 3.8) is 0 Å². The summed E-state index contributed by atoms with van der Waals surface area (Å²) < 4.78 is 53.0. The number of pyridine rings is 1. The molecule has 0 fully saturated rings. The minimum Gasteiger partial charge on any atom is -0.382 e. The fourth-order valence-electron chi connectivity index (χ4n) is 3.27. The third-order valence-electron chi connectivity index (χ3n) is 5.11. The molecular formula is C24H22F4N6. The molecule has 1 aromatic heterocycles. The van der Waals surface area contributed by atoms with Crippen LogP contribution in [0.4, 0.5) is 46.3 Å².